The van der Waals surface area contributed by atoms with Gasteiger partial charge in [-0.2, -0.15) is 5.26 Å². The minimum atomic E-state index is -0.120. The van der Waals surface area contributed by atoms with Crippen molar-refractivity contribution in [2.75, 3.05) is 14.2 Å². The van der Waals surface area contributed by atoms with Gasteiger partial charge in [-0.15, -0.1) is 0 Å². The zero-order valence-corrected chi connectivity index (χ0v) is 14.2. The number of rotatable bonds is 3. The van der Waals surface area contributed by atoms with Gasteiger partial charge in [0.2, 0.25) is 0 Å². The number of aliphatic imine (C=N–C) groups is 1. The molecule has 1 aromatic rings. The molecule has 2 aliphatic rings. The van der Waals surface area contributed by atoms with Crippen molar-refractivity contribution in [3.05, 3.63) is 57.2 Å². The van der Waals surface area contributed by atoms with Gasteiger partial charge in [-0.1, -0.05) is 12.2 Å². The smallest absolute Gasteiger partial charge is 0.174 e. The molecule has 0 bridgehead atoms. The van der Waals surface area contributed by atoms with Gasteiger partial charge >= 0.3 is 0 Å². The molecule has 0 saturated carbocycles. The number of hydrogen-bond acceptors (Lipinski definition) is 5. The van der Waals surface area contributed by atoms with Gasteiger partial charge in [0.1, 0.15) is 17.5 Å². The van der Waals surface area contributed by atoms with Gasteiger partial charge in [0, 0.05) is 11.5 Å². The second-order valence-corrected chi connectivity index (χ2v) is 5.90. The van der Waals surface area contributed by atoms with E-state index < -0.39 is 0 Å². The van der Waals surface area contributed by atoms with Crippen molar-refractivity contribution in [2.45, 2.75) is 5.92 Å². The van der Waals surface area contributed by atoms with E-state index in [2.05, 4.69) is 27.0 Å². The molecule has 116 valence electrons. The monoisotopic (exact) mass is 371 g/mol. The largest absolute Gasteiger partial charge is 0.493 e. The van der Waals surface area contributed by atoms with Crippen molar-refractivity contribution in [3.8, 4) is 17.6 Å². The maximum Gasteiger partial charge on any atom is 0.174 e. The number of hydrogen-bond donors (Lipinski definition) is 1. The molecule has 1 aliphatic carbocycles. The summed E-state index contributed by atoms with van der Waals surface area (Å²) in [5.41, 5.74) is 8.82. The van der Waals surface area contributed by atoms with Crippen LogP contribution in [0.5, 0.6) is 11.5 Å². The first-order valence-corrected chi connectivity index (χ1v) is 7.69. The third-order valence-corrected chi connectivity index (χ3v) is 4.43. The molecule has 1 aromatic carbocycles. The molecule has 5 nitrogen and oxygen atoms in total. The van der Waals surface area contributed by atoms with Gasteiger partial charge in [0.15, 0.2) is 11.5 Å². The lowest BCUT2D eigenvalue weighted by atomic mass is 9.84. The summed E-state index contributed by atoms with van der Waals surface area (Å²) in [7, 11) is 3.18. The fourth-order valence-corrected chi connectivity index (χ4v) is 3.44. The number of amidine groups is 1. The lowest BCUT2D eigenvalue weighted by molar-refractivity contribution is 0.352. The van der Waals surface area contributed by atoms with Gasteiger partial charge in [-0.05, 0) is 39.7 Å². The van der Waals surface area contributed by atoms with E-state index in [0.717, 1.165) is 21.3 Å². The summed E-state index contributed by atoms with van der Waals surface area (Å²) in [6, 6.07) is 6.01. The summed E-state index contributed by atoms with van der Waals surface area (Å²) in [5.74, 6) is 1.39. The third kappa shape index (κ3) is 2.43. The van der Waals surface area contributed by atoms with E-state index in [9.17, 15) is 5.26 Å². The second-order valence-electron chi connectivity index (χ2n) is 5.05. The summed E-state index contributed by atoms with van der Waals surface area (Å²) in [6.45, 7) is 0. The summed E-state index contributed by atoms with van der Waals surface area (Å²) < 4.78 is 11.5. The molecular formula is C17H14BrN3O2. The zero-order chi connectivity index (χ0) is 16.6. The normalized spacial score (nSPS) is 19.0. The molecule has 0 aromatic heterocycles. The molecule has 0 amide bonds. The van der Waals surface area contributed by atoms with Crippen LogP contribution in [0.2, 0.25) is 0 Å². The number of fused-ring (bicyclic) bond motifs is 1. The minimum absolute atomic E-state index is 0.120. The maximum absolute atomic E-state index is 9.40. The van der Waals surface area contributed by atoms with Crippen LogP contribution in [-0.2, 0) is 0 Å². The van der Waals surface area contributed by atoms with Gasteiger partial charge in [0.25, 0.3) is 0 Å². The minimum Gasteiger partial charge on any atom is -0.493 e. The highest BCUT2D eigenvalue weighted by atomic mass is 79.9. The molecule has 0 saturated heterocycles. The fourth-order valence-electron chi connectivity index (χ4n) is 2.82. The molecule has 0 radical (unpaired) electrons. The summed E-state index contributed by atoms with van der Waals surface area (Å²) in [4.78, 5) is 4.28. The molecule has 1 unspecified atom stereocenters. The number of nitrogens with two attached hydrogens (primary N) is 1. The van der Waals surface area contributed by atoms with Crippen LogP contribution in [0.15, 0.2) is 56.7 Å². The van der Waals surface area contributed by atoms with E-state index in [4.69, 9.17) is 15.2 Å². The molecule has 3 rings (SSSR count). The van der Waals surface area contributed by atoms with Gasteiger partial charge in [-0.3, -0.25) is 0 Å². The molecule has 1 heterocycles. The first-order valence-electron chi connectivity index (χ1n) is 6.89. The van der Waals surface area contributed by atoms with Gasteiger partial charge in [-0.25, -0.2) is 4.99 Å². The Hall–Kier alpha value is -2.52. The van der Waals surface area contributed by atoms with Crippen molar-refractivity contribution in [1.82, 2.24) is 0 Å². The fraction of sp³-hybridized carbons (Fsp3) is 0.176. The zero-order valence-electron chi connectivity index (χ0n) is 12.6. The van der Waals surface area contributed by atoms with Crippen molar-refractivity contribution >= 4 is 21.8 Å². The Bertz CT molecular complexity index is 844. The Morgan fingerprint density at radius 3 is 2.74 bits per heavy atom. The molecule has 0 fully saturated rings. The van der Waals surface area contributed by atoms with Crippen molar-refractivity contribution < 1.29 is 9.47 Å². The predicted molar refractivity (Wildman–Crippen MR) is 91.5 cm³/mol. The van der Waals surface area contributed by atoms with Crippen molar-refractivity contribution in [3.63, 3.8) is 0 Å². The third-order valence-electron chi connectivity index (χ3n) is 3.84. The van der Waals surface area contributed by atoms with Crippen LogP contribution in [0.25, 0.3) is 0 Å². The quantitative estimate of drug-likeness (QED) is 0.884. The van der Waals surface area contributed by atoms with E-state index in [1.54, 1.807) is 14.2 Å². The number of methoxy groups -OCH3 is 2. The molecule has 1 aliphatic heterocycles. The van der Waals surface area contributed by atoms with E-state index >= 15 is 0 Å². The van der Waals surface area contributed by atoms with Crippen LogP contribution in [0.3, 0.4) is 0 Å². The Morgan fingerprint density at radius 1 is 1.30 bits per heavy atom. The number of nitriles is 1. The maximum atomic E-state index is 9.40. The van der Waals surface area contributed by atoms with Crippen LogP contribution >= 0.6 is 15.9 Å². The Labute approximate surface area is 142 Å². The first-order chi connectivity index (χ1) is 11.1. The summed E-state index contributed by atoms with van der Waals surface area (Å²) in [5, 5.41) is 9.40. The first kappa shape index (κ1) is 15.4. The van der Waals surface area contributed by atoms with Crippen LogP contribution in [0, 0.1) is 11.3 Å². The second kappa shape index (κ2) is 5.94. The molecule has 23 heavy (non-hydrogen) atoms. The number of ether oxygens (including phenoxy) is 2. The number of halogens is 1. The highest BCUT2D eigenvalue weighted by Crippen LogP contribution is 2.44. The van der Waals surface area contributed by atoms with Crippen LogP contribution in [0.1, 0.15) is 11.5 Å². The SMILES string of the molecule is COc1cc(C2C=CC=C3N=C(N)C(C#N)=C32)cc(Br)c1OC. The lowest BCUT2D eigenvalue weighted by Gasteiger charge is -2.21. The summed E-state index contributed by atoms with van der Waals surface area (Å²) in [6.07, 6.45) is 5.79. The van der Waals surface area contributed by atoms with Crippen molar-refractivity contribution in [2.24, 2.45) is 10.7 Å². The molecule has 0 spiro atoms. The van der Waals surface area contributed by atoms with Crippen LogP contribution in [0.4, 0.5) is 0 Å². The number of benzene rings is 1. The molecule has 6 heteroatoms. The van der Waals surface area contributed by atoms with Gasteiger partial charge in [0.05, 0.1) is 24.4 Å². The molecule has 2 N–H and O–H groups in total. The average molecular weight is 372 g/mol. The van der Waals surface area contributed by atoms with E-state index in [1.165, 1.54) is 0 Å². The average Bonchev–Trinajstić information content (AvgIpc) is 2.88. The Kier molecular flexibility index (Phi) is 3.97. The number of nitrogens with zero attached hydrogens (tertiary/aromatic N) is 2. The lowest BCUT2D eigenvalue weighted by Crippen LogP contribution is -2.12. The Morgan fingerprint density at radius 2 is 2.09 bits per heavy atom. The van der Waals surface area contributed by atoms with E-state index in [0.29, 0.717) is 17.1 Å². The van der Waals surface area contributed by atoms with Gasteiger partial charge < -0.3 is 15.2 Å². The standard InChI is InChI=1S/C17H14BrN3O2/c1-22-14-7-9(6-12(18)16(14)23-2)10-4-3-5-13-15(10)11(8-19)17(20)21-13/h3-7,10H,1-2H3,(H2,20,21). The van der Waals surface area contributed by atoms with E-state index in [1.807, 2.05) is 30.4 Å². The van der Waals surface area contributed by atoms with Crippen LogP contribution < -0.4 is 15.2 Å². The molecule has 1 atom stereocenters. The van der Waals surface area contributed by atoms with E-state index in [-0.39, 0.29) is 11.8 Å². The molecular weight excluding hydrogens is 358 g/mol. The van der Waals surface area contributed by atoms with Crippen molar-refractivity contribution in [1.29, 1.82) is 5.26 Å². The topological polar surface area (TPSA) is 80.6 Å². The number of allylic oxidation sites excluding steroid dienone is 4. The van der Waals surface area contributed by atoms with Crippen LogP contribution in [-0.4, -0.2) is 20.1 Å². The summed E-state index contributed by atoms with van der Waals surface area (Å²) >= 11 is 3.50. The Balaban J connectivity index is 2.15. The highest BCUT2D eigenvalue weighted by Gasteiger charge is 2.30. The highest BCUT2D eigenvalue weighted by molar-refractivity contribution is 9.10. The predicted octanol–water partition coefficient (Wildman–Crippen LogP) is 3.19.